The van der Waals surface area contributed by atoms with Crippen molar-refractivity contribution in [3.05, 3.63) is 64.4 Å². The van der Waals surface area contributed by atoms with Crippen LogP contribution in [0, 0.1) is 23.0 Å². The lowest BCUT2D eigenvalue weighted by Gasteiger charge is -2.42. The Morgan fingerprint density at radius 3 is 2.42 bits per heavy atom. The van der Waals surface area contributed by atoms with Crippen LogP contribution in [0.25, 0.3) is 6.08 Å². The highest BCUT2D eigenvalue weighted by Gasteiger charge is 2.44. The number of carboxylic acid groups (broad SMARTS) is 1. The Labute approximate surface area is 221 Å². The highest BCUT2D eigenvalue weighted by atomic mass is 19.1. The molecular formula is C29H35F2N3O4. The van der Waals surface area contributed by atoms with Crippen LogP contribution >= 0.6 is 0 Å². The third-order valence-electron chi connectivity index (χ3n) is 8.73. The Bertz CT molecular complexity index is 1160. The van der Waals surface area contributed by atoms with Crippen molar-refractivity contribution in [3.63, 3.8) is 0 Å². The standard InChI is InChI=1S/C29H35F2N3O4/c30-22-13-19(14-23(31)16-22)1-4-27(36)34-9-5-20(6-10-34)26(35)17-33-11-7-29(8-12-33)18-32-25-3-2-21(28(37)38)15-24(25)29/h1,4,13-16,20,26,32,35H,2-3,5-12,17-18H2,(H,37,38)/b4-1+. The monoisotopic (exact) mass is 527 g/mol. The highest BCUT2D eigenvalue weighted by molar-refractivity contribution is 5.91. The number of aliphatic carboxylic acids is 1. The molecule has 4 aliphatic rings. The van der Waals surface area contributed by atoms with Gasteiger partial charge in [0.2, 0.25) is 5.91 Å². The number of aliphatic hydroxyl groups is 1. The fourth-order valence-electron chi connectivity index (χ4n) is 6.40. The number of halogens is 2. The zero-order chi connectivity index (χ0) is 26.9. The van der Waals surface area contributed by atoms with E-state index in [0.29, 0.717) is 50.0 Å². The lowest BCUT2D eigenvalue weighted by molar-refractivity contribution is -0.133. The van der Waals surface area contributed by atoms with Gasteiger partial charge in [-0.1, -0.05) is 0 Å². The minimum atomic E-state index is -0.829. The van der Waals surface area contributed by atoms with E-state index < -0.39 is 23.7 Å². The molecule has 204 valence electrons. The van der Waals surface area contributed by atoms with Crippen molar-refractivity contribution < 1.29 is 28.6 Å². The van der Waals surface area contributed by atoms with Gasteiger partial charge in [-0.15, -0.1) is 0 Å². The number of nitrogens with zero attached hydrogens (tertiary/aromatic N) is 2. The van der Waals surface area contributed by atoms with Crippen molar-refractivity contribution in [3.8, 4) is 0 Å². The van der Waals surface area contributed by atoms with Gasteiger partial charge in [-0.05, 0) is 93.0 Å². The number of fused-ring (bicyclic) bond motifs is 1. The fraction of sp³-hybridized carbons (Fsp3) is 0.517. The molecule has 1 unspecified atom stereocenters. The molecule has 38 heavy (non-hydrogen) atoms. The van der Waals surface area contributed by atoms with Crippen LogP contribution in [0.1, 0.15) is 44.1 Å². The molecule has 5 rings (SSSR count). The summed E-state index contributed by atoms with van der Waals surface area (Å²) in [7, 11) is 0. The van der Waals surface area contributed by atoms with Crippen LogP contribution in [0.4, 0.5) is 8.78 Å². The molecule has 9 heteroatoms. The molecule has 1 atom stereocenters. The number of rotatable bonds is 6. The molecule has 3 aliphatic heterocycles. The molecule has 2 fully saturated rings. The Morgan fingerprint density at radius 2 is 1.76 bits per heavy atom. The lowest BCUT2D eigenvalue weighted by Crippen LogP contribution is -2.48. The van der Waals surface area contributed by atoms with Crippen LogP contribution < -0.4 is 5.32 Å². The van der Waals surface area contributed by atoms with Gasteiger partial charge in [0.15, 0.2) is 0 Å². The van der Waals surface area contributed by atoms with Gasteiger partial charge in [0.1, 0.15) is 11.6 Å². The Kier molecular flexibility index (Phi) is 7.68. The SMILES string of the molecule is O=C(O)C1=CC2=C(CC1)NCC21CCN(CC(O)C2CCN(C(=O)/C=C/c3cc(F)cc(F)c3)CC2)CC1. The second-order valence-electron chi connectivity index (χ2n) is 11.1. The zero-order valence-electron chi connectivity index (χ0n) is 21.5. The van der Waals surface area contributed by atoms with Crippen LogP contribution in [0.3, 0.4) is 0 Å². The van der Waals surface area contributed by atoms with Crippen LogP contribution in [0.5, 0.6) is 0 Å². The van der Waals surface area contributed by atoms with Gasteiger partial charge in [-0.3, -0.25) is 4.79 Å². The molecule has 1 spiro atoms. The number of benzene rings is 1. The van der Waals surface area contributed by atoms with Gasteiger partial charge >= 0.3 is 5.97 Å². The van der Waals surface area contributed by atoms with Gasteiger partial charge in [0, 0.05) is 55.0 Å². The summed E-state index contributed by atoms with van der Waals surface area (Å²) in [6.07, 6.45) is 8.79. The number of piperidine rings is 2. The third kappa shape index (κ3) is 5.68. The first-order chi connectivity index (χ1) is 18.2. The van der Waals surface area contributed by atoms with E-state index in [2.05, 4.69) is 10.2 Å². The first-order valence-corrected chi connectivity index (χ1v) is 13.5. The summed E-state index contributed by atoms with van der Waals surface area (Å²) in [4.78, 5) is 28.1. The fourth-order valence-corrected chi connectivity index (χ4v) is 6.40. The molecule has 0 radical (unpaired) electrons. The highest BCUT2D eigenvalue weighted by Crippen LogP contribution is 2.47. The molecule has 1 aliphatic carbocycles. The van der Waals surface area contributed by atoms with Gasteiger partial charge in [0.05, 0.1) is 6.10 Å². The number of hydrogen-bond acceptors (Lipinski definition) is 5. The molecule has 7 nitrogen and oxygen atoms in total. The molecule has 3 N–H and O–H groups in total. The molecule has 0 saturated carbocycles. The number of carbonyl (C=O) groups excluding carboxylic acids is 1. The summed E-state index contributed by atoms with van der Waals surface area (Å²) < 4.78 is 26.7. The average molecular weight is 528 g/mol. The summed E-state index contributed by atoms with van der Waals surface area (Å²) in [6, 6.07) is 3.15. The van der Waals surface area contributed by atoms with E-state index >= 15 is 0 Å². The number of amides is 1. The summed E-state index contributed by atoms with van der Waals surface area (Å²) in [5, 5.41) is 23.9. The zero-order valence-corrected chi connectivity index (χ0v) is 21.5. The summed E-state index contributed by atoms with van der Waals surface area (Å²) in [5.74, 6) is -2.29. The maximum Gasteiger partial charge on any atom is 0.331 e. The second kappa shape index (κ2) is 11.0. The van der Waals surface area contributed by atoms with E-state index in [1.807, 2.05) is 6.08 Å². The first kappa shape index (κ1) is 26.6. The molecule has 2 saturated heterocycles. The van der Waals surface area contributed by atoms with Crippen LogP contribution in [0.15, 0.2) is 47.2 Å². The first-order valence-electron chi connectivity index (χ1n) is 13.5. The van der Waals surface area contributed by atoms with Crippen LogP contribution in [-0.4, -0.2) is 77.3 Å². The number of carbonyl (C=O) groups is 2. The van der Waals surface area contributed by atoms with Gasteiger partial charge in [-0.2, -0.15) is 0 Å². The average Bonchev–Trinajstić information content (AvgIpc) is 3.25. The quantitative estimate of drug-likeness (QED) is 0.492. The number of β-amino-alcohol motifs (C(OH)–C–C–N with tert-alkyl or cyclic N) is 1. The van der Waals surface area contributed by atoms with E-state index in [1.54, 1.807) is 4.90 Å². The van der Waals surface area contributed by atoms with E-state index in [9.17, 15) is 28.6 Å². The number of nitrogens with one attached hydrogen (secondary N) is 1. The summed E-state index contributed by atoms with van der Waals surface area (Å²) >= 11 is 0. The number of carboxylic acids is 1. The van der Waals surface area contributed by atoms with Crippen molar-refractivity contribution in [2.75, 3.05) is 39.3 Å². The molecule has 1 aromatic carbocycles. The largest absolute Gasteiger partial charge is 0.478 e. The van der Waals surface area contributed by atoms with Crippen molar-refractivity contribution in [1.29, 1.82) is 0 Å². The molecule has 3 heterocycles. The van der Waals surface area contributed by atoms with Gasteiger partial charge in [-0.25, -0.2) is 13.6 Å². The molecule has 0 aromatic heterocycles. The van der Waals surface area contributed by atoms with Crippen molar-refractivity contribution in [2.45, 2.75) is 44.6 Å². The van der Waals surface area contributed by atoms with E-state index in [4.69, 9.17) is 0 Å². The van der Waals surface area contributed by atoms with Crippen molar-refractivity contribution in [2.24, 2.45) is 11.3 Å². The van der Waals surface area contributed by atoms with Gasteiger partial charge in [0.25, 0.3) is 0 Å². The molecular weight excluding hydrogens is 492 g/mol. The predicted octanol–water partition coefficient (Wildman–Crippen LogP) is 3.32. The van der Waals surface area contributed by atoms with Gasteiger partial charge < -0.3 is 25.3 Å². The summed E-state index contributed by atoms with van der Waals surface area (Å²) in [5.41, 5.74) is 3.15. The second-order valence-corrected chi connectivity index (χ2v) is 11.1. The minimum absolute atomic E-state index is 0.0194. The smallest absolute Gasteiger partial charge is 0.331 e. The minimum Gasteiger partial charge on any atom is -0.478 e. The predicted molar refractivity (Wildman–Crippen MR) is 139 cm³/mol. The number of allylic oxidation sites excluding steroid dienone is 2. The van der Waals surface area contributed by atoms with E-state index in [1.165, 1.54) is 35.6 Å². The maximum atomic E-state index is 13.4. The topological polar surface area (TPSA) is 93.1 Å². The number of likely N-dealkylation sites (tertiary alicyclic amines) is 2. The van der Waals surface area contributed by atoms with E-state index in [-0.39, 0.29) is 17.2 Å². The lowest BCUT2D eigenvalue weighted by atomic mass is 9.71. The number of hydrogen-bond donors (Lipinski definition) is 3. The third-order valence-corrected chi connectivity index (χ3v) is 8.73. The van der Waals surface area contributed by atoms with Crippen LogP contribution in [0.2, 0.25) is 0 Å². The number of aliphatic hydroxyl groups excluding tert-OH is 1. The normalized spacial score (nSPS) is 22.9. The molecule has 1 amide bonds. The van der Waals surface area contributed by atoms with Crippen LogP contribution in [-0.2, 0) is 9.59 Å². The summed E-state index contributed by atoms with van der Waals surface area (Å²) in [6.45, 7) is 4.23. The van der Waals surface area contributed by atoms with Crippen molar-refractivity contribution in [1.82, 2.24) is 15.1 Å². The maximum absolute atomic E-state index is 13.4. The Balaban J connectivity index is 1.09. The molecule has 1 aromatic rings. The Morgan fingerprint density at radius 1 is 1.08 bits per heavy atom. The van der Waals surface area contributed by atoms with E-state index in [0.717, 1.165) is 45.0 Å². The van der Waals surface area contributed by atoms with Crippen molar-refractivity contribution >= 4 is 18.0 Å². The Hall–Kier alpha value is -3.04. The molecule has 0 bridgehead atoms.